The van der Waals surface area contributed by atoms with E-state index < -0.39 is 24.0 Å². The highest BCUT2D eigenvalue weighted by Gasteiger charge is 2.46. The van der Waals surface area contributed by atoms with Crippen molar-refractivity contribution in [1.82, 2.24) is 0 Å². The van der Waals surface area contributed by atoms with Crippen LogP contribution in [0.3, 0.4) is 0 Å². The molecule has 34 heavy (non-hydrogen) atoms. The molecule has 0 N–H and O–H groups in total. The van der Waals surface area contributed by atoms with Crippen molar-refractivity contribution >= 4 is 5.97 Å². The summed E-state index contributed by atoms with van der Waals surface area (Å²) in [7, 11) is 1.50. The van der Waals surface area contributed by atoms with Gasteiger partial charge in [-0.2, -0.15) is 0 Å². The number of aryl methyl sites for hydroxylation is 2. The number of ether oxygens (including phenoxy) is 4. The Morgan fingerprint density at radius 1 is 1.09 bits per heavy atom. The van der Waals surface area contributed by atoms with Gasteiger partial charge in [0, 0.05) is 12.7 Å². The van der Waals surface area contributed by atoms with E-state index in [1.165, 1.54) is 19.2 Å². The van der Waals surface area contributed by atoms with Crippen molar-refractivity contribution in [2.45, 2.75) is 65.0 Å². The quantitative estimate of drug-likeness (QED) is 0.388. The Labute approximate surface area is 198 Å². The van der Waals surface area contributed by atoms with Gasteiger partial charge in [0.05, 0.1) is 12.7 Å². The zero-order valence-electron chi connectivity index (χ0n) is 20.3. The van der Waals surface area contributed by atoms with Crippen LogP contribution < -0.4 is 9.47 Å². The van der Waals surface area contributed by atoms with E-state index in [9.17, 15) is 18.0 Å². The van der Waals surface area contributed by atoms with Crippen molar-refractivity contribution in [2.75, 3.05) is 13.7 Å². The molecule has 8 heteroatoms. The van der Waals surface area contributed by atoms with Gasteiger partial charge in [-0.25, -0.2) is 4.79 Å². The first-order valence-corrected chi connectivity index (χ1v) is 11.2. The minimum atomic E-state index is -4.78. The molecular formula is C26H31F3O5. The molecule has 1 aliphatic rings. The third kappa shape index (κ3) is 5.84. The summed E-state index contributed by atoms with van der Waals surface area (Å²) in [5.41, 5.74) is 2.02. The Kier molecular flexibility index (Phi) is 7.50. The Morgan fingerprint density at radius 2 is 1.71 bits per heavy atom. The van der Waals surface area contributed by atoms with Crippen LogP contribution in [0.2, 0.25) is 0 Å². The van der Waals surface area contributed by atoms with Gasteiger partial charge in [-0.05, 0) is 75.6 Å². The van der Waals surface area contributed by atoms with E-state index in [2.05, 4.69) is 4.74 Å². The molecule has 1 fully saturated rings. The van der Waals surface area contributed by atoms with E-state index in [0.717, 1.165) is 23.1 Å². The Morgan fingerprint density at radius 3 is 2.26 bits per heavy atom. The predicted octanol–water partition coefficient (Wildman–Crippen LogP) is 6.41. The van der Waals surface area contributed by atoms with Crippen molar-refractivity contribution in [3.8, 4) is 11.5 Å². The van der Waals surface area contributed by atoms with E-state index >= 15 is 0 Å². The fraction of sp³-hybridized carbons (Fsp3) is 0.500. The summed E-state index contributed by atoms with van der Waals surface area (Å²) in [6, 6.07) is 10.1. The van der Waals surface area contributed by atoms with E-state index in [1.807, 2.05) is 26.0 Å². The van der Waals surface area contributed by atoms with E-state index in [-0.39, 0.29) is 24.2 Å². The number of alkyl halides is 3. The molecule has 0 spiro atoms. The summed E-state index contributed by atoms with van der Waals surface area (Å²) in [5.74, 6) is 0.0526. The highest BCUT2D eigenvalue weighted by atomic mass is 19.4. The fourth-order valence-electron chi connectivity index (χ4n) is 4.36. The maximum Gasteiger partial charge on any atom is 0.573 e. The summed E-state index contributed by atoms with van der Waals surface area (Å²) in [6.45, 7) is 9.15. The third-order valence-electron chi connectivity index (χ3n) is 5.97. The number of hydrogen-bond acceptors (Lipinski definition) is 5. The van der Waals surface area contributed by atoms with E-state index in [1.54, 1.807) is 32.9 Å². The molecule has 2 aromatic rings. The number of rotatable bonds is 9. The molecule has 2 aromatic carbocycles. The molecule has 0 radical (unpaired) electrons. The number of benzene rings is 2. The van der Waals surface area contributed by atoms with Gasteiger partial charge >= 0.3 is 12.3 Å². The van der Waals surface area contributed by atoms with Crippen molar-refractivity contribution < 1.29 is 36.9 Å². The first kappa shape index (κ1) is 25.9. The average Bonchev–Trinajstić information content (AvgIpc) is 3.52. The number of carbonyl (C=O) groups excluding carboxylic acids is 1. The number of methoxy groups -OCH3 is 1. The van der Waals surface area contributed by atoms with Crippen LogP contribution in [-0.2, 0) is 14.3 Å². The molecule has 186 valence electrons. The second-order valence-corrected chi connectivity index (χ2v) is 9.06. The summed E-state index contributed by atoms with van der Waals surface area (Å²) in [5, 5.41) is 0. The SMILES string of the molecule is CCOC(=O)C(C)(C)Oc1c(C)cc(C2CC2C(OC)c2ccccc2OC(F)(F)F)cc1C. The van der Waals surface area contributed by atoms with E-state index in [0.29, 0.717) is 11.3 Å². The van der Waals surface area contributed by atoms with Gasteiger partial charge in [0.1, 0.15) is 11.5 Å². The summed E-state index contributed by atoms with van der Waals surface area (Å²) in [4.78, 5) is 12.2. The molecule has 5 nitrogen and oxygen atoms in total. The van der Waals surface area contributed by atoms with Crippen LogP contribution >= 0.6 is 0 Å². The Bertz CT molecular complexity index is 1010. The van der Waals surface area contributed by atoms with Gasteiger partial charge in [-0.1, -0.05) is 30.3 Å². The largest absolute Gasteiger partial charge is 0.573 e. The zero-order valence-corrected chi connectivity index (χ0v) is 20.3. The number of esters is 1. The minimum absolute atomic E-state index is 0.00419. The summed E-state index contributed by atoms with van der Waals surface area (Å²) < 4.78 is 59.7. The van der Waals surface area contributed by atoms with Gasteiger partial charge in [0.25, 0.3) is 0 Å². The predicted molar refractivity (Wildman–Crippen MR) is 121 cm³/mol. The van der Waals surface area contributed by atoms with Crippen molar-refractivity contribution in [2.24, 2.45) is 5.92 Å². The molecular weight excluding hydrogens is 449 g/mol. The van der Waals surface area contributed by atoms with Crippen LogP contribution in [0.15, 0.2) is 36.4 Å². The van der Waals surface area contributed by atoms with Crippen molar-refractivity contribution in [1.29, 1.82) is 0 Å². The number of halogens is 3. The number of para-hydroxylation sites is 1. The number of hydrogen-bond donors (Lipinski definition) is 0. The monoisotopic (exact) mass is 480 g/mol. The summed E-state index contributed by atoms with van der Waals surface area (Å²) in [6.07, 6.45) is -4.55. The summed E-state index contributed by atoms with van der Waals surface area (Å²) >= 11 is 0. The Hall–Kier alpha value is -2.74. The fourth-order valence-corrected chi connectivity index (χ4v) is 4.36. The Balaban J connectivity index is 1.81. The minimum Gasteiger partial charge on any atom is -0.476 e. The molecule has 0 aliphatic heterocycles. The second-order valence-electron chi connectivity index (χ2n) is 9.06. The molecule has 1 saturated carbocycles. The molecule has 0 saturated heterocycles. The first-order valence-electron chi connectivity index (χ1n) is 11.2. The maximum absolute atomic E-state index is 12.9. The maximum atomic E-state index is 12.9. The first-order chi connectivity index (χ1) is 15.9. The lowest BCUT2D eigenvalue weighted by Crippen LogP contribution is -2.40. The standard InChI is InChI=1S/C26H31F3O5/c1-7-32-24(30)25(4,5)34-22-15(2)12-17(13-16(22)3)19-14-20(19)23(31-6)18-10-8-9-11-21(18)33-26(27,28)29/h8-13,19-20,23H,7,14H2,1-6H3. The normalized spacial score (nSPS) is 18.9. The van der Waals surface area contributed by atoms with Crippen LogP contribution in [-0.4, -0.2) is 31.6 Å². The molecule has 3 unspecified atom stereocenters. The van der Waals surface area contributed by atoms with Gasteiger partial charge in [-0.15, -0.1) is 13.2 Å². The zero-order chi connectivity index (χ0) is 25.3. The molecule has 3 atom stereocenters. The van der Waals surface area contributed by atoms with Crippen LogP contribution in [0.4, 0.5) is 13.2 Å². The smallest absolute Gasteiger partial charge is 0.476 e. The topological polar surface area (TPSA) is 54.0 Å². The second kappa shape index (κ2) is 9.86. The molecule has 3 rings (SSSR count). The van der Waals surface area contributed by atoms with Crippen LogP contribution in [0.5, 0.6) is 11.5 Å². The average molecular weight is 481 g/mol. The highest BCUT2D eigenvalue weighted by molar-refractivity contribution is 5.79. The lowest BCUT2D eigenvalue weighted by atomic mass is 9.97. The van der Waals surface area contributed by atoms with Crippen molar-refractivity contribution in [3.05, 3.63) is 58.7 Å². The van der Waals surface area contributed by atoms with Crippen LogP contribution in [0, 0.1) is 19.8 Å². The molecule has 0 bridgehead atoms. The lowest BCUT2D eigenvalue weighted by molar-refractivity contribution is -0.275. The van der Waals surface area contributed by atoms with Gasteiger partial charge in [0.15, 0.2) is 5.60 Å². The number of carbonyl (C=O) groups is 1. The molecule has 1 aliphatic carbocycles. The van der Waals surface area contributed by atoms with Gasteiger partial charge in [-0.3, -0.25) is 0 Å². The molecule has 0 heterocycles. The molecule has 0 aromatic heterocycles. The molecule has 0 amide bonds. The van der Waals surface area contributed by atoms with Crippen LogP contribution in [0.25, 0.3) is 0 Å². The third-order valence-corrected chi connectivity index (χ3v) is 5.97. The van der Waals surface area contributed by atoms with E-state index in [4.69, 9.17) is 14.2 Å². The van der Waals surface area contributed by atoms with Crippen molar-refractivity contribution in [3.63, 3.8) is 0 Å². The van der Waals surface area contributed by atoms with Crippen LogP contribution in [0.1, 0.15) is 61.5 Å². The lowest BCUT2D eigenvalue weighted by Gasteiger charge is -2.26. The van der Waals surface area contributed by atoms with Gasteiger partial charge < -0.3 is 18.9 Å². The highest BCUT2D eigenvalue weighted by Crippen LogP contribution is 2.57. The van der Waals surface area contributed by atoms with Gasteiger partial charge in [0.2, 0.25) is 0 Å².